The highest BCUT2D eigenvalue weighted by molar-refractivity contribution is 5.92. The van der Waals surface area contributed by atoms with E-state index in [4.69, 9.17) is 5.73 Å². The van der Waals surface area contributed by atoms with Crippen molar-refractivity contribution in [2.75, 3.05) is 7.05 Å². The molecule has 1 aromatic carbocycles. The van der Waals surface area contributed by atoms with E-state index in [0.29, 0.717) is 12.2 Å². The second-order valence-corrected chi connectivity index (χ2v) is 4.33. The third-order valence-electron chi connectivity index (χ3n) is 2.95. The van der Waals surface area contributed by atoms with Crippen LogP contribution < -0.4 is 11.1 Å². The van der Waals surface area contributed by atoms with Crippen LogP contribution in [0.3, 0.4) is 0 Å². The maximum atomic E-state index is 11.5. The molecule has 1 amide bonds. The first-order valence-corrected chi connectivity index (χ1v) is 6.18. The van der Waals surface area contributed by atoms with Gasteiger partial charge < -0.3 is 11.1 Å². The Morgan fingerprint density at radius 3 is 2.47 bits per heavy atom. The molecular formula is C15H17N3O. The Hall–Kier alpha value is -2.20. The van der Waals surface area contributed by atoms with Gasteiger partial charge in [0.15, 0.2) is 0 Å². The highest BCUT2D eigenvalue weighted by Crippen LogP contribution is 2.11. The molecule has 2 aromatic rings. The third kappa shape index (κ3) is 3.39. The van der Waals surface area contributed by atoms with Crippen molar-refractivity contribution < 1.29 is 4.79 Å². The van der Waals surface area contributed by atoms with Crippen LogP contribution in [0.1, 0.15) is 27.2 Å². The van der Waals surface area contributed by atoms with Crippen molar-refractivity contribution in [2.24, 2.45) is 5.73 Å². The monoisotopic (exact) mass is 255 g/mol. The van der Waals surface area contributed by atoms with E-state index in [1.807, 2.05) is 24.3 Å². The number of aromatic nitrogens is 1. The van der Waals surface area contributed by atoms with Crippen LogP contribution in [0, 0.1) is 0 Å². The lowest BCUT2D eigenvalue weighted by atomic mass is 10.0. The fourth-order valence-corrected chi connectivity index (χ4v) is 1.87. The summed E-state index contributed by atoms with van der Waals surface area (Å²) in [5.41, 5.74) is 9.38. The van der Waals surface area contributed by atoms with E-state index in [1.165, 1.54) is 5.56 Å². The Morgan fingerprint density at radius 2 is 1.84 bits per heavy atom. The molecule has 4 heteroatoms. The topological polar surface area (TPSA) is 68.0 Å². The third-order valence-corrected chi connectivity index (χ3v) is 2.95. The fourth-order valence-electron chi connectivity index (χ4n) is 1.87. The van der Waals surface area contributed by atoms with E-state index < -0.39 is 0 Å². The zero-order valence-corrected chi connectivity index (χ0v) is 10.9. The molecule has 0 saturated carbocycles. The maximum Gasteiger partial charge on any atom is 0.269 e. The molecule has 0 aliphatic carbocycles. The standard InChI is InChI=1S/C15H17N3O/c1-17-15(19)14-9-13(6-7-18-14)8-11-2-4-12(10-16)5-3-11/h2-7,9H,8,10,16H2,1H3,(H,17,19). The Labute approximate surface area is 112 Å². The molecule has 4 nitrogen and oxygen atoms in total. The number of nitrogens with one attached hydrogen (secondary N) is 1. The number of rotatable bonds is 4. The lowest BCUT2D eigenvalue weighted by Crippen LogP contribution is -2.19. The number of benzene rings is 1. The van der Waals surface area contributed by atoms with Crippen molar-refractivity contribution in [1.29, 1.82) is 0 Å². The minimum Gasteiger partial charge on any atom is -0.354 e. The molecule has 0 fully saturated rings. The molecule has 0 spiro atoms. The SMILES string of the molecule is CNC(=O)c1cc(Cc2ccc(CN)cc2)ccn1. The minimum atomic E-state index is -0.166. The van der Waals surface area contributed by atoms with E-state index in [2.05, 4.69) is 22.4 Å². The van der Waals surface area contributed by atoms with Gasteiger partial charge in [-0.15, -0.1) is 0 Å². The molecule has 0 aliphatic heterocycles. The summed E-state index contributed by atoms with van der Waals surface area (Å²) in [6, 6.07) is 11.9. The largest absolute Gasteiger partial charge is 0.354 e. The number of pyridine rings is 1. The first-order valence-electron chi connectivity index (χ1n) is 6.18. The molecule has 0 saturated heterocycles. The van der Waals surface area contributed by atoms with Crippen molar-refractivity contribution in [3.8, 4) is 0 Å². The normalized spacial score (nSPS) is 10.2. The number of amides is 1. The van der Waals surface area contributed by atoms with Crippen LogP contribution >= 0.6 is 0 Å². The van der Waals surface area contributed by atoms with Crippen LogP contribution in [-0.2, 0) is 13.0 Å². The minimum absolute atomic E-state index is 0.166. The maximum absolute atomic E-state index is 11.5. The molecule has 0 aliphatic rings. The number of carbonyl (C=O) groups is 1. The van der Waals surface area contributed by atoms with Crippen LogP contribution in [0.2, 0.25) is 0 Å². The Morgan fingerprint density at radius 1 is 1.16 bits per heavy atom. The van der Waals surface area contributed by atoms with Gasteiger partial charge in [0.2, 0.25) is 0 Å². The summed E-state index contributed by atoms with van der Waals surface area (Å²) >= 11 is 0. The lowest BCUT2D eigenvalue weighted by molar-refractivity contribution is 0.0958. The van der Waals surface area contributed by atoms with Gasteiger partial charge in [-0.05, 0) is 35.2 Å². The van der Waals surface area contributed by atoms with E-state index in [9.17, 15) is 4.79 Å². The van der Waals surface area contributed by atoms with Crippen molar-refractivity contribution in [3.63, 3.8) is 0 Å². The highest BCUT2D eigenvalue weighted by atomic mass is 16.1. The van der Waals surface area contributed by atoms with E-state index in [0.717, 1.165) is 17.5 Å². The van der Waals surface area contributed by atoms with Crippen molar-refractivity contribution in [3.05, 3.63) is 65.0 Å². The van der Waals surface area contributed by atoms with Gasteiger partial charge in [-0.2, -0.15) is 0 Å². The molecule has 0 bridgehead atoms. The van der Waals surface area contributed by atoms with Crippen molar-refractivity contribution in [2.45, 2.75) is 13.0 Å². The van der Waals surface area contributed by atoms with Gasteiger partial charge in [0.1, 0.15) is 5.69 Å². The van der Waals surface area contributed by atoms with Gasteiger partial charge >= 0.3 is 0 Å². The number of hydrogen-bond donors (Lipinski definition) is 2. The van der Waals surface area contributed by atoms with Gasteiger partial charge in [-0.1, -0.05) is 24.3 Å². The van der Waals surface area contributed by atoms with Gasteiger partial charge in [0.05, 0.1) is 0 Å². The number of nitrogens with two attached hydrogens (primary N) is 1. The number of hydrogen-bond acceptors (Lipinski definition) is 3. The van der Waals surface area contributed by atoms with Gasteiger partial charge in [-0.3, -0.25) is 9.78 Å². The quantitative estimate of drug-likeness (QED) is 0.869. The molecule has 98 valence electrons. The Balaban J connectivity index is 2.16. The van der Waals surface area contributed by atoms with E-state index >= 15 is 0 Å². The number of nitrogens with zero attached hydrogens (tertiary/aromatic N) is 1. The Bertz CT molecular complexity index is 564. The van der Waals surface area contributed by atoms with Crippen LogP contribution in [0.5, 0.6) is 0 Å². The summed E-state index contributed by atoms with van der Waals surface area (Å²) < 4.78 is 0. The second kappa shape index (κ2) is 6.11. The zero-order chi connectivity index (χ0) is 13.7. The van der Waals surface area contributed by atoms with Gasteiger partial charge in [0, 0.05) is 19.8 Å². The van der Waals surface area contributed by atoms with Crippen molar-refractivity contribution in [1.82, 2.24) is 10.3 Å². The second-order valence-electron chi connectivity index (χ2n) is 4.33. The average Bonchev–Trinajstić information content (AvgIpc) is 2.47. The van der Waals surface area contributed by atoms with Crippen LogP contribution in [0.15, 0.2) is 42.6 Å². The first kappa shape index (κ1) is 13.2. The molecular weight excluding hydrogens is 238 g/mol. The first-order chi connectivity index (χ1) is 9.22. The molecule has 1 heterocycles. The summed E-state index contributed by atoms with van der Waals surface area (Å²) in [5.74, 6) is -0.166. The fraction of sp³-hybridized carbons (Fsp3) is 0.200. The number of carbonyl (C=O) groups excluding carboxylic acids is 1. The van der Waals surface area contributed by atoms with Crippen LogP contribution in [-0.4, -0.2) is 17.9 Å². The van der Waals surface area contributed by atoms with Crippen LogP contribution in [0.25, 0.3) is 0 Å². The van der Waals surface area contributed by atoms with E-state index in [-0.39, 0.29) is 5.91 Å². The van der Waals surface area contributed by atoms with Gasteiger partial charge in [-0.25, -0.2) is 0 Å². The summed E-state index contributed by atoms with van der Waals surface area (Å²) in [4.78, 5) is 15.6. The Kier molecular flexibility index (Phi) is 4.26. The van der Waals surface area contributed by atoms with E-state index in [1.54, 1.807) is 13.2 Å². The molecule has 3 N–H and O–H groups in total. The lowest BCUT2D eigenvalue weighted by Gasteiger charge is -2.05. The molecule has 2 rings (SSSR count). The average molecular weight is 255 g/mol. The van der Waals surface area contributed by atoms with Gasteiger partial charge in [0.25, 0.3) is 5.91 Å². The van der Waals surface area contributed by atoms with Crippen molar-refractivity contribution >= 4 is 5.91 Å². The predicted octanol–water partition coefficient (Wildman–Crippen LogP) is 1.49. The zero-order valence-electron chi connectivity index (χ0n) is 10.9. The summed E-state index contributed by atoms with van der Waals surface area (Å²) in [6.07, 6.45) is 2.44. The highest BCUT2D eigenvalue weighted by Gasteiger charge is 2.05. The molecule has 19 heavy (non-hydrogen) atoms. The molecule has 0 atom stereocenters. The molecule has 1 aromatic heterocycles. The summed E-state index contributed by atoms with van der Waals surface area (Å²) in [7, 11) is 1.60. The smallest absolute Gasteiger partial charge is 0.269 e. The van der Waals surface area contributed by atoms with Crippen LogP contribution in [0.4, 0.5) is 0 Å². The summed E-state index contributed by atoms with van der Waals surface area (Å²) in [5, 5.41) is 2.57. The summed E-state index contributed by atoms with van der Waals surface area (Å²) in [6.45, 7) is 0.552. The predicted molar refractivity (Wildman–Crippen MR) is 74.8 cm³/mol. The molecule has 0 radical (unpaired) electrons. The molecule has 0 unspecified atom stereocenters.